The maximum absolute atomic E-state index is 12.6. The Kier molecular flexibility index (Phi) is 4.43. The zero-order chi connectivity index (χ0) is 16.1. The molecule has 0 amide bonds. The van der Waals surface area contributed by atoms with Gasteiger partial charge in [-0.05, 0) is 23.8 Å². The van der Waals surface area contributed by atoms with Gasteiger partial charge < -0.3 is 0 Å². The van der Waals surface area contributed by atoms with Gasteiger partial charge in [-0.1, -0.05) is 55.5 Å². The van der Waals surface area contributed by atoms with Gasteiger partial charge >= 0.3 is 0 Å². The molecule has 4 nitrogen and oxygen atoms in total. The highest BCUT2D eigenvalue weighted by atomic mass is 16.1. The molecule has 3 rings (SSSR count). The van der Waals surface area contributed by atoms with Crippen molar-refractivity contribution in [2.45, 2.75) is 13.3 Å². The van der Waals surface area contributed by atoms with E-state index in [0.29, 0.717) is 23.1 Å². The molecular weight excluding hydrogens is 286 g/mol. The van der Waals surface area contributed by atoms with Crippen molar-refractivity contribution >= 4 is 23.2 Å². The Hall–Kier alpha value is -3.01. The second-order valence-corrected chi connectivity index (χ2v) is 5.05. The van der Waals surface area contributed by atoms with Crippen molar-refractivity contribution in [2.75, 3.05) is 0 Å². The number of aromatic nitrogens is 2. The summed E-state index contributed by atoms with van der Waals surface area (Å²) in [5.74, 6) is 0.651. The van der Waals surface area contributed by atoms with Gasteiger partial charge in [-0.25, -0.2) is 4.98 Å². The molecule has 0 aliphatic rings. The van der Waals surface area contributed by atoms with Crippen LogP contribution < -0.4 is 5.56 Å². The lowest BCUT2D eigenvalue weighted by molar-refractivity contribution is 0.735. The van der Waals surface area contributed by atoms with Gasteiger partial charge in [0.25, 0.3) is 5.56 Å². The molecule has 0 atom stereocenters. The molecule has 1 aromatic heterocycles. The molecule has 0 bridgehead atoms. The van der Waals surface area contributed by atoms with Crippen LogP contribution in [-0.4, -0.2) is 15.9 Å². The summed E-state index contributed by atoms with van der Waals surface area (Å²) in [6.07, 6.45) is 6.01. The highest BCUT2D eigenvalue weighted by molar-refractivity contribution is 5.79. The number of hydrogen-bond donors (Lipinski definition) is 0. The van der Waals surface area contributed by atoms with E-state index in [1.807, 2.05) is 67.6 Å². The van der Waals surface area contributed by atoms with Gasteiger partial charge in [0, 0.05) is 12.6 Å². The molecule has 0 radical (unpaired) electrons. The van der Waals surface area contributed by atoms with Crippen LogP contribution in [0.5, 0.6) is 0 Å². The van der Waals surface area contributed by atoms with Crippen LogP contribution in [0.25, 0.3) is 17.0 Å². The molecule has 3 aromatic rings. The first-order chi connectivity index (χ1) is 11.3. The summed E-state index contributed by atoms with van der Waals surface area (Å²) < 4.78 is 1.37. The number of aryl methyl sites for hydroxylation is 1. The summed E-state index contributed by atoms with van der Waals surface area (Å²) in [6.45, 7) is 1.96. The van der Waals surface area contributed by atoms with E-state index in [1.54, 1.807) is 12.3 Å². The SMILES string of the molecule is CCc1nc2ccccc2c(=O)n1N=CC=Cc1ccccc1. The van der Waals surface area contributed by atoms with Crippen molar-refractivity contribution in [3.8, 4) is 0 Å². The van der Waals surface area contributed by atoms with Crippen LogP contribution >= 0.6 is 0 Å². The van der Waals surface area contributed by atoms with E-state index in [1.165, 1.54) is 4.68 Å². The van der Waals surface area contributed by atoms with Crippen LogP contribution in [0.15, 0.2) is 70.6 Å². The van der Waals surface area contributed by atoms with Gasteiger partial charge in [-0.3, -0.25) is 4.79 Å². The summed E-state index contributed by atoms with van der Waals surface area (Å²) >= 11 is 0. The largest absolute Gasteiger partial charge is 0.282 e. The predicted octanol–water partition coefficient (Wildman–Crippen LogP) is 3.51. The number of fused-ring (bicyclic) bond motifs is 1. The number of rotatable bonds is 4. The van der Waals surface area contributed by atoms with E-state index in [9.17, 15) is 4.79 Å². The van der Waals surface area contributed by atoms with E-state index in [0.717, 1.165) is 5.56 Å². The summed E-state index contributed by atoms with van der Waals surface area (Å²) in [6, 6.07) is 17.3. The highest BCUT2D eigenvalue weighted by Gasteiger charge is 2.07. The first kappa shape index (κ1) is 14.9. The fraction of sp³-hybridized carbons (Fsp3) is 0.105. The number of nitrogens with zero attached hydrogens (tertiary/aromatic N) is 3. The maximum Gasteiger partial charge on any atom is 0.282 e. The first-order valence-corrected chi connectivity index (χ1v) is 7.56. The van der Waals surface area contributed by atoms with Crippen LogP contribution in [0.2, 0.25) is 0 Å². The Labute approximate surface area is 134 Å². The molecule has 114 valence electrons. The third-order valence-corrected chi connectivity index (χ3v) is 3.49. The molecule has 0 spiro atoms. The number of para-hydroxylation sites is 1. The van der Waals surface area contributed by atoms with Gasteiger partial charge in [0.05, 0.1) is 10.9 Å². The zero-order valence-electron chi connectivity index (χ0n) is 12.9. The predicted molar refractivity (Wildman–Crippen MR) is 94.7 cm³/mol. The Morgan fingerprint density at radius 2 is 1.83 bits per heavy atom. The smallest absolute Gasteiger partial charge is 0.267 e. The molecule has 23 heavy (non-hydrogen) atoms. The van der Waals surface area contributed by atoms with Crippen LogP contribution in [-0.2, 0) is 6.42 Å². The minimum atomic E-state index is -0.142. The normalized spacial score (nSPS) is 11.7. The molecule has 2 aromatic carbocycles. The fourth-order valence-corrected chi connectivity index (χ4v) is 2.34. The van der Waals surface area contributed by atoms with Gasteiger partial charge in [0.2, 0.25) is 0 Å². The van der Waals surface area contributed by atoms with Crippen LogP contribution in [0, 0.1) is 0 Å². The third-order valence-electron chi connectivity index (χ3n) is 3.49. The van der Waals surface area contributed by atoms with Crippen molar-refractivity contribution in [3.05, 3.63) is 82.4 Å². The van der Waals surface area contributed by atoms with Gasteiger partial charge in [-0.2, -0.15) is 9.78 Å². The highest BCUT2D eigenvalue weighted by Crippen LogP contribution is 2.08. The molecule has 0 N–H and O–H groups in total. The second kappa shape index (κ2) is 6.83. The van der Waals surface area contributed by atoms with E-state index in [-0.39, 0.29) is 5.56 Å². The molecular formula is C19H17N3O. The molecule has 1 heterocycles. The van der Waals surface area contributed by atoms with Crippen LogP contribution in [0.1, 0.15) is 18.3 Å². The van der Waals surface area contributed by atoms with Crippen molar-refractivity contribution in [1.29, 1.82) is 0 Å². The Balaban J connectivity index is 1.96. The average Bonchev–Trinajstić information content (AvgIpc) is 2.61. The van der Waals surface area contributed by atoms with E-state index in [4.69, 9.17) is 0 Å². The minimum Gasteiger partial charge on any atom is -0.267 e. The van der Waals surface area contributed by atoms with Crippen molar-refractivity contribution in [1.82, 2.24) is 9.66 Å². The average molecular weight is 303 g/mol. The van der Waals surface area contributed by atoms with Gasteiger partial charge in [-0.15, -0.1) is 0 Å². The summed E-state index contributed by atoms with van der Waals surface area (Å²) in [4.78, 5) is 17.1. The molecule has 0 aliphatic carbocycles. The van der Waals surface area contributed by atoms with E-state index < -0.39 is 0 Å². The van der Waals surface area contributed by atoms with Crippen LogP contribution in [0.3, 0.4) is 0 Å². The fourth-order valence-electron chi connectivity index (χ4n) is 2.34. The third kappa shape index (κ3) is 3.26. The van der Waals surface area contributed by atoms with Crippen LogP contribution in [0.4, 0.5) is 0 Å². The Morgan fingerprint density at radius 3 is 2.61 bits per heavy atom. The lowest BCUT2D eigenvalue weighted by Gasteiger charge is -2.06. The monoisotopic (exact) mass is 303 g/mol. The number of hydrogen-bond acceptors (Lipinski definition) is 3. The van der Waals surface area contributed by atoms with Crippen molar-refractivity contribution < 1.29 is 0 Å². The summed E-state index contributed by atoms with van der Waals surface area (Å²) in [5.41, 5.74) is 1.65. The number of benzene rings is 2. The lowest BCUT2D eigenvalue weighted by Crippen LogP contribution is -2.21. The maximum atomic E-state index is 12.6. The Morgan fingerprint density at radius 1 is 1.09 bits per heavy atom. The minimum absolute atomic E-state index is 0.142. The molecule has 4 heteroatoms. The number of allylic oxidation sites excluding steroid dienone is 1. The molecule has 0 fully saturated rings. The standard InChI is InChI=1S/C19H17N3O/c1-2-18-21-17-13-7-6-12-16(17)19(23)22(18)20-14-8-11-15-9-4-3-5-10-15/h3-14H,2H2,1H3. The van der Waals surface area contributed by atoms with E-state index in [2.05, 4.69) is 10.1 Å². The molecule has 0 saturated heterocycles. The van der Waals surface area contributed by atoms with Crippen molar-refractivity contribution in [3.63, 3.8) is 0 Å². The topological polar surface area (TPSA) is 47.2 Å². The van der Waals surface area contributed by atoms with E-state index >= 15 is 0 Å². The van der Waals surface area contributed by atoms with Crippen molar-refractivity contribution in [2.24, 2.45) is 5.10 Å². The zero-order valence-corrected chi connectivity index (χ0v) is 12.9. The lowest BCUT2D eigenvalue weighted by atomic mass is 10.2. The molecule has 0 saturated carbocycles. The summed E-state index contributed by atoms with van der Waals surface area (Å²) in [7, 11) is 0. The van der Waals surface area contributed by atoms with Gasteiger partial charge in [0.1, 0.15) is 5.82 Å². The summed E-state index contributed by atoms with van der Waals surface area (Å²) in [5, 5.41) is 4.85. The first-order valence-electron chi connectivity index (χ1n) is 7.56. The second-order valence-electron chi connectivity index (χ2n) is 5.05. The quantitative estimate of drug-likeness (QED) is 0.692. The Bertz CT molecular complexity index is 924. The molecule has 0 aliphatic heterocycles. The molecule has 0 unspecified atom stereocenters. The van der Waals surface area contributed by atoms with Gasteiger partial charge in [0.15, 0.2) is 0 Å².